The zero-order valence-electron chi connectivity index (χ0n) is 14.6. The molecule has 0 aromatic rings. The van der Waals surface area contributed by atoms with E-state index in [1.165, 1.54) is 25.7 Å². The molecule has 21 heavy (non-hydrogen) atoms. The summed E-state index contributed by atoms with van der Waals surface area (Å²) in [5.74, 6) is 3.54. The van der Waals surface area contributed by atoms with Crippen LogP contribution in [0.4, 0.5) is 0 Å². The molecule has 1 unspecified atom stereocenters. The summed E-state index contributed by atoms with van der Waals surface area (Å²) >= 11 is 0. The molecule has 118 valence electrons. The first-order valence-electron chi connectivity index (χ1n) is 9.16. The number of carbonyl (C=O) groups excluding carboxylic acids is 1. The number of rotatable bonds is 0. The Morgan fingerprint density at radius 3 is 2.67 bits per heavy atom. The normalized spacial score (nSPS) is 56.5. The van der Waals surface area contributed by atoms with E-state index < -0.39 is 0 Å². The lowest BCUT2D eigenvalue weighted by Crippen LogP contribution is -2.54. The molecule has 0 aromatic carbocycles. The first-order valence-corrected chi connectivity index (χ1v) is 9.16. The van der Waals surface area contributed by atoms with Gasteiger partial charge in [-0.05, 0) is 80.5 Å². The first kappa shape index (κ1) is 14.2. The highest BCUT2D eigenvalue weighted by Crippen LogP contribution is 2.65. The van der Waals surface area contributed by atoms with Crippen molar-refractivity contribution in [3.63, 3.8) is 0 Å². The van der Waals surface area contributed by atoms with Crippen LogP contribution in [0.1, 0.15) is 73.1 Å². The molecule has 0 radical (unpaired) electrons. The Hall–Kier alpha value is -0.370. The van der Waals surface area contributed by atoms with Gasteiger partial charge in [0.2, 0.25) is 0 Å². The van der Waals surface area contributed by atoms with Crippen molar-refractivity contribution in [1.82, 2.24) is 0 Å². The Bertz CT molecular complexity index is 464. The third-order valence-corrected chi connectivity index (χ3v) is 8.35. The van der Waals surface area contributed by atoms with Crippen molar-refractivity contribution in [3.8, 4) is 0 Å². The maximum absolute atomic E-state index is 12.4. The van der Waals surface area contributed by atoms with Gasteiger partial charge in [0.1, 0.15) is 5.78 Å². The average molecular weight is 291 g/mol. The van der Waals surface area contributed by atoms with Crippen molar-refractivity contribution in [2.75, 3.05) is 0 Å². The average Bonchev–Trinajstić information content (AvgIpc) is 2.76. The number of aliphatic hydroxyl groups is 1. The zero-order valence-corrected chi connectivity index (χ0v) is 13.6. The molecule has 2 heteroatoms. The predicted molar refractivity (Wildman–Crippen MR) is 83.9 cm³/mol. The van der Waals surface area contributed by atoms with Crippen LogP contribution in [0.15, 0.2) is 0 Å². The summed E-state index contributed by atoms with van der Waals surface area (Å²) in [7, 11) is 0. The third-order valence-electron chi connectivity index (χ3n) is 8.35. The van der Waals surface area contributed by atoms with E-state index in [0.717, 1.165) is 49.9 Å². The van der Waals surface area contributed by atoms with Gasteiger partial charge in [0, 0.05) is 11.8 Å². The smallest absolute Gasteiger partial charge is 0.393 e. The Balaban J connectivity index is 0.00000144. The molecule has 4 aliphatic carbocycles. The lowest BCUT2D eigenvalue weighted by molar-refractivity contribution is -0.142. The van der Waals surface area contributed by atoms with Crippen LogP contribution in [-0.2, 0) is 4.79 Å². The summed E-state index contributed by atoms with van der Waals surface area (Å²) in [5, 5.41) is 10.0. The Morgan fingerprint density at radius 2 is 1.86 bits per heavy atom. The largest absolute Gasteiger partial charge is 1.00 e. The van der Waals surface area contributed by atoms with E-state index in [1.807, 2.05) is 0 Å². The maximum atomic E-state index is 12.4. The molecule has 0 saturated heterocycles. The highest BCUT2D eigenvalue weighted by Gasteiger charge is 2.60. The number of hydrogen-bond donors (Lipinski definition) is 1. The lowest BCUT2D eigenvalue weighted by atomic mass is 9.45. The summed E-state index contributed by atoms with van der Waals surface area (Å²) in [5.41, 5.74) is 0.452. The van der Waals surface area contributed by atoms with E-state index in [4.69, 9.17) is 0 Å². The fourth-order valence-electron chi connectivity index (χ4n) is 7.01. The van der Waals surface area contributed by atoms with Crippen LogP contribution in [0.5, 0.6) is 0 Å². The standard InChI is InChI=1S/C19H30O2/c1-18-9-7-13(20)11-12(18)3-4-14-15-5-6-17(21)19(15,2)10-8-16(14)18/h12-16,20H,3-11H2,1-2H3/p+1/t12?,13-,14-,15-,16-,18-,19-/m0/s1. The monoisotopic (exact) mass is 291 g/mol. The molecular formula is C19H31O2+. The highest BCUT2D eigenvalue weighted by atomic mass is 16.3. The van der Waals surface area contributed by atoms with Gasteiger partial charge in [0.25, 0.3) is 0 Å². The van der Waals surface area contributed by atoms with Gasteiger partial charge >= 0.3 is 1.43 Å². The minimum atomic E-state index is -0.0541. The molecular weight excluding hydrogens is 260 g/mol. The molecule has 0 aromatic heterocycles. The number of aliphatic hydroxyl groups excluding tert-OH is 1. The van der Waals surface area contributed by atoms with Crippen molar-refractivity contribution in [3.05, 3.63) is 0 Å². The Labute approximate surface area is 130 Å². The van der Waals surface area contributed by atoms with Crippen molar-refractivity contribution in [2.45, 2.75) is 77.7 Å². The van der Waals surface area contributed by atoms with E-state index in [2.05, 4.69) is 13.8 Å². The van der Waals surface area contributed by atoms with Gasteiger partial charge in [0.15, 0.2) is 0 Å². The van der Waals surface area contributed by atoms with Crippen LogP contribution in [0.2, 0.25) is 0 Å². The van der Waals surface area contributed by atoms with Crippen LogP contribution < -0.4 is 0 Å². The second kappa shape index (κ2) is 4.57. The van der Waals surface area contributed by atoms with E-state index in [-0.39, 0.29) is 12.9 Å². The Morgan fingerprint density at radius 1 is 1.05 bits per heavy atom. The number of hydrogen-bond acceptors (Lipinski definition) is 2. The van der Waals surface area contributed by atoms with Crippen molar-refractivity contribution >= 4 is 5.78 Å². The molecule has 4 saturated carbocycles. The highest BCUT2D eigenvalue weighted by molar-refractivity contribution is 5.87. The molecule has 0 spiro atoms. The van der Waals surface area contributed by atoms with Crippen LogP contribution >= 0.6 is 0 Å². The second-order valence-electron chi connectivity index (χ2n) is 9.00. The van der Waals surface area contributed by atoms with Crippen LogP contribution in [0, 0.1) is 34.5 Å². The number of carbonyl (C=O) groups is 1. The number of ketones is 1. The minimum Gasteiger partial charge on any atom is -0.393 e. The van der Waals surface area contributed by atoms with Gasteiger partial charge in [-0.1, -0.05) is 13.8 Å². The molecule has 0 amide bonds. The quantitative estimate of drug-likeness (QED) is 0.730. The van der Waals surface area contributed by atoms with Crippen molar-refractivity contribution < 1.29 is 11.3 Å². The molecule has 0 bridgehead atoms. The van der Waals surface area contributed by atoms with Crippen LogP contribution in [0.3, 0.4) is 0 Å². The molecule has 7 atom stereocenters. The Kier molecular flexibility index (Phi) is 3.10. The van der Waals surface area contributed by atoms with E-state index in [0.29, 0.717) is 17.1 Å². The topological polar surface area (TPSA) is 37.3 Å². The van der Waals surface area contributed by atoms with Gasteiger partial charge in [-0.3, -0.25) is 4.79 Å². The molecule has 2 nitrogen and oxygen atoms in total. The molecule has 4 rings (SSSR count). The predicted octanol–water partition coefficient (Wildman–Crippen LogP) is 4.07. The summed E-state index contributed by atoms with van der Waals surface area (Å²) in [6.45, 7) is 4.78. The fourth-order valence-corrected chi connectivity index (χ4v) is 7.01. The molecule has 1 N–H and O–H groups in total. The third kappa shape index (κ3) is 1.84. The fraction of sp³-hybridized carbons (Fsp3) is 0.947. The lowest BCUT2D eigenvalue weighted by Gasteiger charge is -2.60. The maximum Gasteiger partial charge on any atom is 1.00 e. The van der Waals surface area contributed by atoms with Crippen LogP contribution in [0.25, 0.3) is 0 Å². The summed E-state index contributed by atoms with van der Waals surface area (Å²) in [6.07, 6.45) is 10.1. The number of fused-ring (bicyclic) bond motifs is 5. The van der Waals surface area contributed by atoms with Gasteiger partial charge in [-0.2, -0.15) is 0 Å². The van der Waals surface area contributed by atoms with Crippen LogP contribution in [-0.4, -0.2) is 17.0 Å². The molecule has 4 aliphatic rings. The van der Waals surface area contributed by atoms with E-state index in [1.54, 1.807) is 0 Å². The van der Waals surface area contributed by atoms with Gasteiger partial charge in [0.05, 0.1) is 6.10 Å². The first-order chi connectivity index (χ1) is 9.95. The van der Waals surface area contributed by atoms with Gasteiger partial charge in [-0.15, -0.1) is 0 Å². The SMILES string of the molecule is C[C@]12CC[C@H](O)CC1CC[C@@H]1[C@@H]2CC[C@]2(C)C(=O)CC[C@@H]12.[H+]. The molecule has 4 fully saturated rings. The molecule has 0 aliphatic heterocycles. The second-order valence-corrected chi connectivity index (χ2v) is 9.00. The summed E-state index contributed by atoms with van der Waals surface area (Å²) < 4.78 is 0. The van der Waals surface area contributed by atoms with E-state index in [9.17, 15) is 9.90 Å². The molecule has 0 heterocycles. The van der Waals surface area contributed by atoms with E-state index >= 15 is 0 Å². The zero-order chi connectivity index (χ0) is 14.8. The minimum absolute atomic E-state index is 0. The summed E-state index contributed by atoms with van der Waals surface area (Å²) in [4.78, 5) is 12.4. The van der Waals surface area contributed by atoms with Gasteiger partial charge in [-0.25, -0.2) is 0 Å². The number of Topliss-reactive ketones (excluding diaryl/α,β-unsaturated/α-hetero) is 1. The van der Waals surface area contributed by atoms with Crippen molar-refractivity contribution in [1.29, 1.82) is 0 Å². The van der Waals surface area contributed by atoms with Gasteiger partial charge < -0.3 is 5.11 Å². The van der Waals surface area contributed by atoms with Crippen molar-refractivity contribution in [2.24, 2.45) is 34.5 Å². The summed E-state index contributed by atoms with van der Waals surface area (Å²) in [6, 6.07) is 0.